The van der Waals surface area contributed by atoms with Crippen LogP contribution in [0.4, 0.5) is 0 Å². The van der Waals surface area contributed by atoms with Crippen LogP contribution in [0.15, 0.2) is 35.3 Å². The van der Waals surface area contributed by atoms with Crippen molar-refractivity contribution in [2.45, 2.75) is 26.2 Å². The van der Waals surface area contributed by atoms with Crippen molar-refractivity contribution in [3.05, 3.63) is 35.9 Å². The molecule has 0 fully saturated rings. The third-order valence-electron chi connectivity index (χ3n) is 1.93. The van der Waals surface area contributed by atoms with E-state index in [1.807, 2.05) is 24.4 Å². The first-order valence-electron chi connectivity index (χ1n) is 4.98. The first-order chi connectivity index (χ1) is 6.43. The van der Waals surface area contributed by atoms with Crippen molar-refractivity contribution in [3.8, 4) is 0 Å². The minimum Gasteiger partial charge on any atom is -0.293 e. The first-order valence-corrected chi connectivity index (χ1v) is 4.98. The maximum atomic E-state index is 4.35. The second kappa shape index (κ2) is 6.41. The molecular formula is C12H17N. The Bertz CT molecular complexity index is 239. The summed E-state index contributed by atoms with van der Waals surface area (Å²) < 4.78 is 0. The standard InChI is InChI=1S/C12H17N/c1-2-3-7-10-13-11-12-8-5-4-6-9-12/h4-6,8-9,11H,2-3,7,10H2,1H3/b13-11+. The van der Waals surface area contributed by atoms with E-state index in [4.69, 9.17) is 0 Å². The van der Waals surface area contributed by atoms with Crippen molar-refractivity contribution in [3.63, 3.8) is 0 Å². The lowest BCUT2D eigenvalue weighted by Crippen LogP contribution is -1.84. The van der Waals surface area contributed by atoms with E-state index in [1.54, 1.807) is 0 Å². The van der Waals surface area contributed by atoms with E-state index < -0.39 is 0 Å². The normalized spacial score (nSPS) is 10.8. The average Bonchev–Trinajstić information content (AvgIpc) is 2.19. The molecule has 1 nitrogen and oxygen atoms in total. The zero-order chi connectivity index (χ0) is 9.36. The summed E-state index contributed by atoms with van der Waals surface area (Å²) in [7, 11) is 0. The van der Waals surface area contributed by atoms with E-state index >= 15 is 0 Å². The lowest BCUT2D eigenvalue weighted by Gasteiger charge is -1.93. The fourth-order valence-electron chi connectivity index (χ4n) is 1.16. The number of hydrogen-bond acceptors (Lipinski definition) is 1. The van der Waals surface area contributed by atoms with Crippen LogP contribution in [0.5, 0.6) is 0 Å². The lowest BCUT2D eigenvalue weighted by atomic mass is 10.2. The Kier molecular flexibility index (Phi) is 4.92. The average molecular weight is 175 g/mol. The second-order valence-electron chi connectivity index (χ2n) is 3.15. The van der Waals surface area contributed by atoms with Crippen molar-refractivity contribution < 1.29 is 0 Å². The quantitative estimate of drug-likeness (QED) is 0.481. The van der Waals surface area contributed by atoms with Crippen molar-refractivity contribution in [1.82, 2.24) is 0 Å². The van der Waals surface area contributed by atoms with Crippen LogP contribution < -0.4 is 0 Å². The molecule has 0 aliphatic rings. The molecule has 13 heavy (non-hydrogen) atoms. The summed E-state index contributed by atoms with van der Waals surface area (Å²) in [5, 5.41) is 0. The van der Waals surface area contributed by atoms with Gasteiger partial charge < -0.3 is 0 Å². The van der Waals surface area contributed by atoms with Gasteiger partial charge in [0.25, 0.3) is 0 Å². The minimum absolute atomic E-state index is 0.961. The largest absolute Gasteiger partial charge is 0.293 e. The molecule has 1 heteroatoms. The van der Waals surface area contributed by atoms with Gasteiger partial charge in [0.1, 0.15) is 0 Å². The summed E-state index contributed by atoms with van der Waals surface area (Å²) in [6, 6.07) is 10.2. The van der Waals surface area contributed by atoms with Gasteiger partial charge in [-0.2, -0.15) is 0 Å². The highest BCUT2D eigenvalue weighted by molar-refractivity contribution is 5.79. The number of unbranched alkanes of at least 4 members (excludes halogenated alkanes) is 2. The zero-order valence-corrected chi connectivity index (χ0v) is 8.24. The molecule has 0 N–H and O–H groups in total. The number of aliphatic imine (C=N–C) groups is 1. The summed E-state index contributed by atoms with van der Waals surface area (Å²) in [5.74, 6) is 0. The van der Waals surface area contributed by atoms with E-state index in [9.17, 15) is 0 Å². The first kappa shape index (κ1) is 9.97. The fraction of sp³-hybridized carbons (Fsp3) is 0.417. The summed E-state index contributed by atoms with van der Waals surface area (Å²) in [6.07, 6.45) is 5.71. The lowest BCUT2D eigenvalue weighted by molar-refractivity contribution is 0.729. The fourth-order valence-corrected chi connectivity index (χ4v) is 1.16. The van der Waals surface area contributed by atoms with Gasteiger partial charge >= 0.3 is 0 Å². The topological polar surface area (TPSA) is 12.4 Å². The Balaban J connectivity index is 2.25. The van der Waals surface area contributed by atoms with Crippen LogP contribution in [0.25, 0.3) is 0 Å². The number of nitrogens with zero attached hydrogens (tertiary/aromatic N) is 1. The van der Waals surface area contributed by atoms with E-state index in [2.05, 4.69) is 24.0 Å². The molecule has 0 amide bonds. The van der Waals surface area contributed by atoms with Crippen LogP contribution >= 0.6 is 0 Å². The third-order valence-corrected chi connectivity index (χ3v) is 1.93. The summed E-state index contributed by atoms with van der Waals surface area (Å²) >= 11 is 0. The molecule has 70 valence electrons. The van der Waals surface area contributed by atoms with Crippen molar-refractivity contribution in [2.75, 3.05) is 6.54 Å². The van der Waals surface area contributed by atoms with Gasteiger partial charge in [-0.15, -0.1) is 0 Å². The van der Waals surface area contributed by atoms with Gasteiger partial charge in [-0.25, -0.2) is 0 Å². The third kappa shape index (κ3) is 4.46. The van der Waals surface area contributed by atoms with E-state index in [0.717, 1.165) is 6.54 Å². The summed E-state index contributed by atoms with van der Waals surface area (Å²) in [6.45, 7) is 3.17. The molecule has 0 aliphatic heterocycles. The molecule has 1 rings (SSSR count). The maximum Gasteiger partial charge on any atom is 0.0389 e. The van der Waals surface area contributed by atoms with E-state index in [0.29, 0.717) is 0 Å². The molecular weight excluding hydrogens is 158 g/mol. The minimum atomic E-state index is 0.961. The van der Waals surface area contributed by atoms with Crippen molar-refractivity contribution in [2.24, 2.45) is 4.99 Å². The van der Waals surface area contributed by atoms with Gasteiger partial charge in [0, 0.05) is 12.8 Å². The van der Waals surface area contributed by atoms with Crippen molar-refractivity contribution in [1.29, 1.82) is 0 Å². The highest BCUT2D eigenvalue weighted by atomic mass is 14.7. The predicted octanol–water partition coefficient (Wildman–Crippen LogP) is 3.30. The molecule has 0 unspecified atom stereocenters. The molecule has 0 saturated carbocycles. The molecule has 0 radical (unpaired) electrons. The number of hydrogen-bond donors (Lipinski definition) is 0. The molecule has 0 bridgehead atoms. The molecule has 0 aromatic heterocycles. The van der Waals surface area contributed by atoms with Crippen molar-refractivity contribution >= 4 is 6.21 Å². The van der Waals surface area contributed by atoms with Crippen LogP contribution in [0.2, 0.25) is 0 Å². The van der Waals surface area contributed by atoms with Crippen LogP contribution in [0, 0.1) is 0 Å². The number of benzene rings is 1. The van der Waals surface area contributed by atoms with Crippen LogP contribution in [0.1, 0.15) is 31.7 Å². The number of rotatable bonds is 5. The van der Waals surface area contributed by atoms with E-state index in [1.165, 1.54) is 24.8 Å². The molecule has 1 aromatic rings. The Morgan fingerprint density at radius 2 is 1.92 bits per heavy atom. The van der Waals surface area contributed by atoms with Gasteiger partial charge in [0.05, 0.1) is 0 Å². The maximum absolute atomic E-state index is 4.35. The molecule has 0 aliphatic carbocycles. The molecule has 0 saturated heterocycles. The van der Waals surface area contributed by atoms with Gasteiger partial charge in [-0.1, -0.05) is 50.1 Å². The Morgan fingerprint density at radius 3 is 2.62 bits per heavy atom. The molecule has 0 heterocycles. The zero-order valence-electron chi connectivity index (χ0n) is 8.24. The highest BCUT2D eigenvalue weighted by Crippen LogP contribution is 1.96. The predicted molar refractivity (Wildman–Crippen MR) is 58.4 cm³/mol. The van der Waals surface area contributed by atoms with E-state index in [-0.39, 0.29) is 0 Å². The smallest absolute Gasteiger partial charge is 0.0389 e. The Morgan fingerprint density at radius 1 is 1.15 bits per heavy atom. The molecule has 0 atom stereocenters. The van der Waals surface area contributed by atoms with Gasteiger partial charge in [0.15, 0.2) is 0 Å². The van der Waals surface area contributed by atoms with Crippen LogP contribution in [-0.4, -0.2) is 12.8 Å². The van der Waals surface area contributed by atoms with Crippen LogP contribution in [0.3, 0.4) is 0 Å². The summed E-state index contributed by atoms with van der Waals surface area (Å²) in [4.78, 5) is 4.35. The molecule has 0 spiro atoms. The Hall–Kier alpha value is -1.11. The molecule has 1 aromatic carbocycles. The SMILES string of the molecule is CCCCC/N=C/c1ccccc1. The summed E-state index contributed by atoms with van der Waals surface area (Å²) in [5.41, 5.74) is 1.19. The van der Waals surface area contributed by atoms with Gasteiger partial charge in [0.2, 0.25) is 0 Å². The van der Waals surface area contributed by atoms with Gasteiger partial charge in [-0.05, 0) is 12.0 Å². The second-order valence-corrected chi connectivity index (χ2v) is 3.15. The monoisotopic (exact) mass is 175 g/mol. The van der Waals surface area contributed by atoms with Crippen LogP contribution in [-0.2, 0) is 0 Å². The Labute approximate surface area is 80.5 Å². The highest BCUT2D eigenvalue weighted by Gasteiger charge is 1.84. The van der Waals surface area contributed by atoms with Gasteiger partial charge in [-0.3, -0.25) is 4.99 Å².